The second kappa shape index (κ2) is 6.58. The summed E-state index contributed by atoms with van der Waals surface area (Å²) in [6.07, 6.45) is 7.67. The van der Waals surface area contributed by atoms with Gasteiger partial charge in [0.2, 0.25) is 0 Å². The van der Waals surface area contributed by atoms with Gasteiger partial charge in [0.05, 0.1) is 10.6 Å². The molecule has 0 saturated heterocycles. The Morgan fingerprint density at radius 3 is 3.04 bits per heavy atom. The highest BCUT2D eigenvalue weighted by molar-refractivity contribution is 6.33. The summed E-state index contributed by atoms with van der Waals surface area (Å²) in [4.78, 5) is 22.2. The average molecular weight is 334 g/mol. The summed E-state index contributed by atoms with van der Waals surface area (Å²) in [5, 5.41) is 3.74. The zero-order valence-corrected chi connectivity index (χ0v) is 14.0. The first kappa shape index (κ1) is 15.8. The van der Waals surface area contributed by atoms with E-state index < -0.39 is 0 Å². The average Bonchev–Trinajstić information content (AvgIpc) is 3.02. The minimum absolute atomic E-state index is 0.111. The van der Waals surface area contributed by atoms with Gasteiger partial charge in [-0.05, 0) is 18.9 Å². The molecule has 2 aromatic rings. The predicted molar refractivity (Wildman–Crippen MR) is 90.0 cm³/mol. The van der Waals surface area contributed by atoms with E-state index in [1.165, 1.54) is 4.90 Å². The molecular weight excluding hydrogens is 314 g/mol. The first-order valence-electron chi connectivity index (χ1n) is 7.68. The van der Waals surface area contributed by atoms with E-state index in [1.807, 2.05) is 12.4 Å². The number of halogens is 1. The molecule has 0 aromatic carbocycles. The predicted octanol–water partition coefficient (Wildman–Crippen LogP) is 2.62. The van der Waals surface area contributed by atoms with Crippen LogP contribution >= 0.6 is 11.6 Å². The number of carbonyl (C=O) groups excluding carboxylic acids is 1. The van der Waals surface area contributed by atoms with Crippen molar-refractivity contribution in [3.05, 3.63) is 41.1 Å². The van der Waals surface area contributed by atoms with E-state index in [1.54, 1.807) is 26.4 Å². The van der Waals surface area contributed by atoms with Gasteiger partial charge in [0.25, 0.3) is 5.91 Å². The molecule has 1 aliphatic heterocycles. The number of fused-ring (bicyclic) bond motifs is 1. The lowest BCUT2D eigenvalue weighted by molar-refractivity contribution is 0.0827. The summed E-state index contributed by atoms with van der Waals surface area (Å²) in [6, 6.07) is 1.65. The van der Waals surface area contributed by atoms with Gasteiger partial charge in [-0.1, -0.05) is 11.6 Å². The minimum atomic E-state index is -0.111. The molecular formula is C16H20ClN5O. The van der Waals surface area contributed by atoms with Gasteiger partial charge in [0, 0.05) is 51.7 Å². The summed E-state index contributed by atoms with van der Waals surface area (Å²) < 4.78 is 2.20. The van der Waals surface area contributed by atoms with Crippen molar-refractivity contribution in [3.63, 3.8) is 0 Å². The number of hydrogen-bond acceptors (Lipinski definition) is 4. The summed E-state index contributed by atoms with van der Waals surface area (Å²) >= 11 is 6.26. The van der Waals surface area contributed by atoms with Crippen molar-refractivity contribution in [3.8, 4) is 0 Å². The molecule has 0 bridgehead atoms. The van der Waals surface area contributed by atoms with E-state index in [0.717, 1.165) is 31.8 Å². The van der Waals surface area contributed by atoms with Crippen LogP contribution in [0.25, 0.3) is 0 Å². The molecule has 1 N–H and O–H groups in total. The number of nitrogens with zero attached hydrogens (tertiary/aromatic N) is 4. The number of aromatic nitrogens is 3. The number of imidazole rings is 1. The maximum Gasteiger partial charge on any atom is 0.254 e. The summed E-state index contributed by atoms with van der Waals surface area (Å²) in [5.74, 6) is 1.95. The number of hydrogen-bond donors (Lipinski definition) is 1. The first-order chi connectivity index (χ1) is 11.1. The molecule has 1 aliphatic rings. The first-order valence-corrected chi connectivity index (χ1v) is 8.06. The molecule has 3 heterocycles. The molecule has 7 heteroatoms. The SMILES string of the molecule is CN(C)C(=O)c1cnc(NC[C@H]2CCCn3ccnc32)c(Cl)c1. The summed E-state index contributed by atoms with van der Waals surface area (Å²) in [5.41, 5.74) is 0.485. The molecule has 2 aromatic heterocycles. The van der Waals surface area contributed by atoms with E-state index in [-0.39, 0.29) is 5.91 Å². The van der Waals surface area contributed by atoms with Crippen molar-refractivity contribution in [2.75, 3.05) is 26.0 Å². The summed E-state index contributed by atoms with van der Waals surface area (Å²) in [6.45, 7) is 1.76. The van der Waals surface area contributed by atoms with E-state index in [9.17, 15) is 4.79 Å². The van der Waals surface area contributed by atoms with Crippen LogP contribution in [0, 0.1) is 0 Å². The van der Waals surface area contributed by atoms with Crippen molar-refractivity contribution >= 4 is 23.3 Å². The smallest absolute Gasteiger partial charge is 0.254 e. The second-order valence-electron chi connectivity index (χ2n) is 5.95. The van der Waals surface area contributed by atoms with E-state index in [4.69, 9.17) is 11.6 Å². The Morgan fingerprint density at radius 2 is 2.30 bits per heavy atom. The number of pyridine rings is 1. The highest BCUT2D eigenvalue weighted by Crippen LogP contribution is 2.27. The van der Waals surface area contributed by atoms with Crippen LogP contribution < -0.4 is 5.32 Å². The van der Waals surface area contributed by atoms with Crippen LogP contribution in [-0.4, -0.2) is 46.0 Å². The molecule has 23 heavy (non-hydrogen) atoms. The van der Waals surface area contributed by atoms with Crippen LogP contribution in [0.15, 0.2) is 24.7 Å². The third kappa shape index (κ3) is 3.32. The summed E-state index contributed by atoms with van der Waals surface area (Å²) in [7, 11) is 3.40. The number of aryl methyl sites for hydroxylation is 1. The quantitative estimate of drug-likeness (QED) is 0.934. The monoisotopic (exact) mass is 333 g/mol. The molecule has 1 atom stereocenters. The number of anilines is 1. The van der Waals surface area contributed by atoms with Gasteiger partial charge in [0.15, 0.2) is 0 Å². The van der Waals surface area contributed by atoms with Crippen molar-refractivity contribution in [1.29, 1.82) is 0 Å². The zero-order valence-electron chi connectivity index (χ0n) is 13.3. The lowest BCUT2D eigenvalue weighted by atomic mass is 9.99. The molecule has 3 rings (SSSR count). The topological polar surface area (TPSA) is 63.1 Å². The maximum atomic E-state index is 11.9. The Hall–Kier alpha value is -2.08. The molecule has 0 saturated carbocycles. The molecule has 0 spiro atoms. The molecule has 6 nitrogen and oxygen atoms in total. The third-order valence-electron chi connectivity index (χ3n) is 4.07. The van der Waals surface area contributed by atoms with Crippen LogP contribution in [0.1, 0.15) is 34.9 Å². The van der Waals surface area contributed by atoms with Crippen molar-refractivity contribution < 1.29 is 4.79 Å². The van der Waals surface area contributed by atoms with Gasteiger partial charge in [-0.3, -0.25) is 4.79 Å². The second-order valence-corrected chi connectivity index (χ2v) is 6.36. The fourth-order valence-electron chi connectivity index (χ4n) is 2.86. The highest BCUT2D eigenvalue weighted by atomic mass is 35.5. The van der Waals surface area contributed by atoms with Crippen LogP contribution in [-0.2, 0) is 6.54 Å². The van der Waals surface area contributed by atoms with Gasteiger partial charge in [-0.2, -0.15) is 0 Å². The normalized spacial score (nSPS) is 16.7. The largest absolute Gasteiger partial charge is 0.368 e. The lowest BCUT2D eigenvalue weighted by Crippen LogP contribution is -2.23. The molecule has 0 aliphatic carbocycles. The van der Waals surface area contributed by atoms with Crippen molar-refractivity contribution in [2.45, 2.75) is 25.3 Å². The lowest BCUT2D eigenvalue weighted by Gasteiger charge is -2.24. The van der Waals surface area contributed by atoms with Gasteiger partial charge >= 0.3 is 0 Å². The van der Waals surface area contributed by atoms with E-state index in [0.29, 0.717) is 22.3 Å². The number of rotatable bonds is 4. The van der Waals surface area contributed by atoms with Gasteiger partial charge in [0.1, 0.15) is 11.6 Å². The molecule has 0 radical (unpaired) electrons. The van der Waals surface area contributed by atoms with Gasteiger partial charge < -0.3 is 14.8 Å². The Morgan fingerprint density at radius 1 is 1.48 bits per heavy atom. The number of carbonyl (C=O) groups is 1. The van der Waals surface area contributed by atoms with Gasteiger partial charge in [-0.15, -0.1) is 0 Å². The Labute approximate surface area is 140 Å². The van der Waals surface area contributed by atoms with Crippen LogP contribution in [0.3, 0.4) is 0 Å². The Kier molecular flexibility index (Phi) is 4.52. The fourth-order valence-corrected chi connectivity index (χ4v) is 3.10. The molecule has 0 fully saturated rings. The minimum Gasteiger partial charge on any atom is -0.368 e. The molecule has 122 valence electrons. The van der Waals surface area contributed by atoms with Crippen LogP contribution in [0.2, 0.25) is 5.02 Å². The van der Waals surface area contributed by atoms with Crippen molar-refractivity contribution in [2.24, 2.45) is 0 Å². The van der Waals surface area contributed by atoms with E-state index in [2.05, 4.69) is 19.9 Å². The highest BCUT2D eigenvalue weighted by Gasteiger charge is 2.21. The van der Waals surface area contributed by atoms with Crippen LogP contribution in [0.5, 0.6) is 0 Å². The molecule has 0 unspecified atom stereocenters. The standard InChI is InChI=1S/C16H20ClN5O/c1-21(2)16(23)12-8-13(17)14(20-10-12)19-9-11-4-3-6-22-7-5-18-15(11)22/h5,7-8,10-11H,3-4,6,9H2,1-2H3,(H,19,20)/t11-/m1/s1. The van der Waals surface area contributed by atoms with Crippen molar-refractivity contribution in [1.82, 2.24) is 19.4 Å². The Balaban J connectivity index is 1.69. The van der Waals surface area contributed by atoms with E-state index >= 15 is 0 Å². The third-order valence-corrected chi connectivity index (χ3v) is 4.36. The molecule has 1 amide bonds. The number of amides is 1. The number of nitrogens with one attached hydrogen (secondary N) is 1. The maximum absolute atomic E-state index is 11.9. The fraction of sp³-hybridized carbons (Fsp3) is 0.438. The Bertz CT molecular complexity index is 712. The zero-order chi connectivity index (χ0) is 16.4. The van der Waals surface area contributed by atoms with Crippen LogP contribution in [0.4, 0.5) is 5.82 Å². The van der Waals surface area contributed by atoms with Gasteiger partial charge in [-0.25, -0.2) is 9.97 Å².